The van der Waals surface area contributed by atoms with Gasteiger partial charge in [-0.05, 0) is 60.5 Å². The molecule has 0 spiro atoms. The number of aromatic carboxylic acids is 1. The van der Waals surface area contributed by atoms with E-state index in [2.05, 4.69) is 5.32 Å². The average molecular weight is 444 g/mol. The van der Waals surface area contributed by atoms with E-state index >= 15 is 0 Å². The Morgan fingerprint density at radius 1 is 0.967 bits per heavy atom. The predicted octanol–water partition coefficient (Wildman–Crippen LogP) is 5.76. The van der Waals surface area contributed by atoms with E-state index in [1.54, 1.807) is 42.5 Å². The van der Waals surface area contributed by atoms with Crippen molar-refractivity contribution in [3.63, 3.8) is 0 Å². The lowest BCUT2D eigenvalue weighted by Crippen LogP contribution is -2.27. The van der Waals surface area contributed by atoms with Crippen LogP contribution in [0.3, 0.4) is 0 Å². The van der Waals surface area contributed by atoms with Gasteiger partial charge in [0.05, 0.1) is 17.2 Å². The van der Waals surface area contributed by atoms with Crippen LogP contribution in [0.4, 0.5) is 0 Å². The van der Waals surface area contributed by atoms with Crippen molar-refractivity contribution in [1.82, 2.24) is 5.32 Å². The molecule has 3 aromatic rings. The molecule has 0 aliphatic carbocycles. The van der Waals surface area contributed by atoms with Crippen LogP contribution in [0.15, 0.2) is 66.7 Å². The van der Waals surface area contributed by atoms with E-state index in [1.165, 1.54) is 12.1 Å². The van der Waals surface area contributed by atoms with E-state index in [1.807, 2.05) is 19.1 Å². The van der Waals surface area contributed by atoms with Crippen molar-refractivity contribution in [2.24, 2.45) is 0 Å². The van der Waals surface area contributed by atoms with Gasteiger partial charge in [-0.3, -0.25) is 4.79 Å². The van der Waals surface area contributed by atoms with Crippen LogP contribution >= 0.6 is 23.2 Å². The number of halogens is 2. The number of amides is 1. The Kier molecular flexibility index (Phi) is 6.98. The second-order valence-corrected chi connectivity index (χ2v) is 7.55. The van der Waals surface area contributed by atoms with Crippen LogP contribution in [0.5, 0.6) is 5.75 Å². The van der Waals surface area contributed by atoms with Gasteiger partial charge in [-0.2, -0.15) is 0 Å². The van der Waals surface area contributed by atoms with Crippen LogP contribution in [-0.4, -0.2) is 17.0 Å². The minimum Gasteiger partial charge on any atom is -0.488 e. The van der Waals surface area contributed by atoms with Gasteiger partial charge in [0.15, 0.2) is 0 Å². The summed E-state index contributed by atoms with van der Waals surface area (Å²) in [5.74, 6) is -0.946. The first-order chi connectivity index (χ1) is 14.3. The van der Waals surface area contributed by atoms with Gasteiger partial charge >= 0.3 is 5.97 Å². The van der Waals surface area contributed by atoms with Crippen LogP contribution in [0.25, 0.3) is 0 Å². The van der Waals surface area contributed by atoms with Crippen molar-refractivity contribution >= 4 is 35.1 Å². The molecular formula is C23H19Cl2NO4. The van der Waals surface area contributed by atoms with Gasteiger partial charge in [-0.1, -0.05) is 47.5 Å². The summed E-state index contributed by atoms with van der Waals surface area (Å²) < 4.78 is 5.84. The summed E-state index contributed by atoms with van der Waals surface area (Å²) in [5, 5.41) is 12.9. The maximum atomic E-state index is 12.9. The topological polar surface area (TPSA) is 75.6 Å². The number of nitrogens with one attached hydrogen (secondary N) is 1. The highest BCUT2D eigenvalue weighted by Crippen LogP contribution is 2.25. The molecule has 1 amide bonds. The fourth-order valence-corrected chi connectivity index (χ4v) is 3.12. The second kappa shape index (κ2) is 9.65. The SMILES string of the molecule is C[C@H](NC(=O)c1cc(Cl)ccc1OCc1ccc(Cl)cc1)c1ccc(C(=O)O)cc1. The number of rotatable bonds is 7. The van der Waals surface area contributed by atoms with E-state index in [-0.39, 0.29) is 24.1 Å². The molecule has 0 heterocycles. The zero-order chi connectivity index (χ0) is 21.7. The van der Waals surface area contributed by atoms with E-state index < -0.39 is 5.97 Å². The smallest absolute Gasteiger partial charge is 0.335 e. The number of hydrogen-bond donors (Lipinski definition) is 2. The van der Waals surface area contributed by atoms with Crippen LogP contribution in [0, 0.1) is 0 Å². The van der Waals surface area contributed by atoms with Gasteiger partial charge < -0.3 is 15.2 Å². The maximum Gasteiger partial charge on any atom is 0.335 e. The highest BCUT2D eigenvalue weighted by Gasteiger charge is 2.17. The summed E-state index contributed by atoms with van der Waals surface area (Å²) in [7, 11) is 0. The molecule has 0 aliphatic heterocycles. The second-order valence-electron chi connectivity index (χ2n) is 6.68. The van der Waals surface area contributed by atoms with Gasteiger partial charge in [0.1, 0.15) is 12.4 Å². The Labute approximate surface area is 184 Å². The average Bonchev–Trinajstić information content (AvgIpc) is 2.74. The van der Waals surface area contributed by atoms with E-state index in [9.17, 15) is 9.59 Å². The number of carboxylic acid groups (broad SMARTS) is 1. The van der Waals surface area contributed by atoms with Gasteiger partial charge in [0.2, 0.25) is 0 Å². The Balaban J connectivity index is 1.73. The van der Waals surface area contributed by atoms with Crippen LogP contribution in [0.1, 0.15) is 44.8 Å². The zero-order valence-electron chi connectivity index (χ0n) is 16.1. The molecule has 154 valence electrons. The van der Waals surface area contributed by atoms with E-state index in [4.69, 9.17) is 33.0 Å². The van der Waals surface area contributed by atoms with Crippen molar-refractivity contribution in [2.75, 3.05) is 0 Å². The number of hydrogen-bond acceptors (Lipinski definition) is 3. The summed E-state index contributed by atoms with van der Waals surface area (Å²) in [4.78, 5) is 23.9. The molecule has 0 unspecified atom stereocenters. The summed E-state index contributed by atoms with van der Waals surface area (Å²) in [6, 6.07) is 18.1. The molecular weight excluding hydrogens is 425 g/mol. The molecule has 3 rings (SSSR count). The highest BCUT2D eigenvalue weighted by molar-refractivity contribution is 6.31. The molecule has 2 N–H and O–H groups in total. The molecule has 0 aromatic heterocycles. The molecule has 1 atom stereocenters. The lowest BCUT2D eigenvalue weighted by molar-refractivity contribution is 0.0696. The standard InChI is InChI=1S/C23H19Cl2NO4/c1-14(16-4-6-17(7-5-16)23(28)29)26-22(27)20-12-19(25)10-11-21(20)30-13-15-2-8-18(24)9-3-15/h2-12,14H,13H2,1H3,(H,26,27)(H,28,29)/t14-/m0/s1. The molecule has 0 saturated heterocycles. The molecule has 3 aromatic carbocycles. The molecule has 0 radical (unpaired) electrons. The van der Waals surface area contributed by atoms with Crippen molar-refractivity contribution in [3.8, 4) is 5.75 Å². The van der Waals surface area contributed by atoms with Gasteiger partial charge in [-0.25, -0.2) is 4.79 Å². The van der Waals surface area contributed by atoms with Crippen molar-refractivity contribution in [2.45, 2.75) is 19.6 Å². The molecule has 7 heteroatoms. The molecule has 0 fully saturated rings. The first-order valence-corrected chi connectivity index (χ1v) is 9.90. The Morgan fingerprint density at radius 2 is 1.60 bits per heavy atom. The molecule has 5 nitrogen and oxygen atoms in total. The Bertz CT molecular complexity index is 1050. The lowest BCUT2D eigenvalue weighted by atomic mass is 10.1. The van der Waals surface area contributed by atoms with E-state index in [0.717, 1.165) is 11.1 Å². The van der Waals surface area contributed by atoms with Gasteiger partial charge in [0, 0.05) is 10.0 Å². The lowest BCUT2D eigenvalue weighted by Gasteiger charge is -2.17. The molecule has 0 aliphatic rings. The number of carbonyl (C=O) groups excluding carboxylic acids is 1. The first kappa shape index (κ1) is 21.7. The monoisotopic (exact) mass is 443 g/mol. The third kappa shape index (κ3) is 5.53. The van der Waals surface area contributed by atoms with Crippen molar-refractivity contribution < 1.29 is 19.4 Å². The predicted molar refractivity (Wildman–Crippen MR) is 117 cm³/mol. The van der Waals surface area contributed by atoms with Gasteiger partial charge in [0.25, 0.3) is 5.91 Å². The third-order valence-corrected chi connectivity index (χ3v) is 4.99. The fourth-order valence-electron chi connectivity index (χ4n) is 2.82. The maximum absolute atomic E-state index is 12.9. The van der Waals surface area contributed by atoms with Crippen LogP contribution < -0.4 is 10.1 Å². The summed E-state index contributed by atoms with van der Waals surface area (Å²) >= 11 is 12.0. The van der Waals surface area contributed by atoms with E-state index in [0.29, 0.717) is 21.4 Å². The normalized spacial score (nSPS) is 11.6. The highest BCUT2D eigenvalue weighted by atomic mass is 35.5. The molecule has 0 bridgehead atoms. The minimum absolute atomic E-state index is 0.185. The number of ether oxygens (including phenoxy) is 1. The fraction of sp³-hybridized carbons (Fsp3) is 0.130. The quantitative estimate of drug-likeness (QED) is 0.486. The van der Waals surface area contributed by atoms with Crippen LogP contribution in [0.2, 0.25) is 10.0 Å². The number of benzene rings is 3. The summed E-state index contributed by atoms with van der Waals surface area (Å²) in [5.41, 5.74) is 2.18. The molecule has 0 saturated carbocycles. The third-order valence-electron chi connectivity index (χ3n) is 4.50. The van der Waals surface area contributed by atoms with Crippen molar-refractivity contribution in [1.29, 1.82) is 0 Å². The summed E-state index contributed by atoms with van der Waals surface area (Å²) in [6.07, 6.45) is 0. The Hall–Kier alpha value is -3.02. The summed E-state index contributed by atoms with van der Waals surface area (Å²) in [6.45, 7) is 2.08. The van der Waals surface area contributed by atoms with Crippen LogP contribution in [-0.2, 0) is 6.61 Å². The van der Waals surface area contributed by atoms with Gasteiger partial charge in [-0.15, -0.1) is 0 Å². The largest absolute Gasteiger partial charge is 0.488 e. The minimum atomic E-state index is -1.00. The number of carboxylic acids is 1. The zero-order valence-corrected chi connectivity index (χ0v) is 17.6. The Morgan fingerprint density at radius 3 is 2.23 bits per heavy atom. The first-order valence-electron chi connectivity index (χ1n) is 9.14. The van der Waals surface area contributed by atoms with Crippen molar-refractivity contribution in [3.05, 3.63) is 99.0 Å². The number of carbonyl (C=O) groups is 2. The molecule has 30 heavy (non-hydrogen) atoms.